The van der Waals surface area contributed by atoms with Gasteiger partial charge in [0, 0.05) is 13.0 Å². The summed E-state index contributed by atoms with van der Waals surface area (Å²) in [7, 11) is 0. The Morgan fingerprint density at radius 3 is 2.68 bits per heavy atom. The van der Waals surface area contributed by atoms with Gasteiger partial charge in [-0.2, -0.15) is 13.2 Å². The maximum absolute atomic E-state index is 13.0. The number of aliphatic hydroxyl groups excluding tert-OH is 2. The molecule has 9 nitrogen and oxygen atoms in total. The van der Waals surface area contributed by atoms with E-state index in [9.17, 15) is 28.2 Å². The van der Waals surface area contributed by atoms with E-state index in [-0.39, 0.29) is 44.6 Å². The Morgan fingerprint density at radius 1 is 1.14 bits per heavy atom. The molecule has 2 saturated heterocycles. The maximum Gasteiger partial charge on any atom is 0.433 e. The number of aliphatic hydroxyl groups is 2. The minimum Gasteiger partial charge on any atom is -0.461 e. The molecule has 0 unspecified atom stereocenters. The molecule has 2 aromatic rings. The summed E-state index contributed by atoms with van der Waals surface area (Å²) in [6, 6.07) is 11.6. The number of pyridine rings is 1. The Bertz CT molecular complexity index is 1040. The lowest BCUT2D eigenvalue weighted by atomic mass is 9.88. The van der Waals surface area contributed by atoms with Crippen LogP contribution in [0, 0.1) is 0 Å². The van der Waals surface area contributed by atoms with E-state index in [0.29, 0.717) is 12.8 Å². The summed E-state index contributed by atoms with van der Waals surface area (Å²) in [6.07, 6.45) is -7.16. The first-order valence-electron chi connectivity index (χ1n) is 11.9. The highest BCUT2D eigenvalue weighted by atomic mass is 19.4. The number of halogens is 3. The van der Waals surface area contributed by atoms with E-state index >= 15 is 0 Å². The number of carbonyl (C=O) groups excluding carboxylic acids is 1. The van der Waals surface area contributed by atoms with Crippen LogP contribution in [0.4, 0.5) is 19.0 Å². The minimum absolute atomic E-state index is 0.0735. The van der Waals surface area contributed by atoms with E-state index in [2.05, 4.69) is 10.3 Å². The Balaban J connectivity index is 1.20. The Morgan fingerprint density at radius 2 is 1.92 bits per heavy atom. The third-order valence-electron chi connectivity index (χ3n) is 6.23. The van der Waals surface area contributed by atoms with Gasteiger partial charge in [-0.25, -0.2) is 4.98 Å². The number of aromatic nitrogens is 1. The average Bonchev–Trinajstić information content (AvgIpc) is 3.29. The number of esters is 1. The molecule has 1 aromatic heterocycles. The van der Waals surface area contributed by atoms with Crippen molar-refractivity contribution in [1.82, 2.24) is 4.98 Å². The van der Waals surface area contributed by atoms with Crippen LogP contribution < -0.4 is 5.32 Å². The number of hydrogen-bond acceptors (Lipinski definition) is 9. The van der Waals surface area contributed by atoms with Crippen LogP contribution in [-0.4, -0.2) is 71.1 Å². The second kappa shape index (κ2) is 11.7. The van der Waals surface area contributed by atoms with Crippen molar-refractivity contribution in [3.8, 4) is 0 Å². The van der Waals surface area contributed by atoms with Gasteiger partial charge in [0.05, 0.1) is 13.2 Å². The highest BCUT2D eigenvalue weighted by molar-refractivity contribution is 5.69. The summed E-state index contributed by atoms with van der Waals surface area (Å²) < 4.78 is 61.1. The summed E-state index contributed by atoms with van der Waals surface area (Å²) in [6.45, 7) is 0.349. The van der Waals surface area contributed by atoms with E-state index in [4.69, 9.17) is 18.9 Å². The first-order chi connectivity index (χ1) is 17.7. The number of benzene rings is 1. The molecule has 5 atom stereocenters. The van der Waals surface area contributed by atoms with Gasteiger partial charge in [-0.3, -0.25) is 4.79 Å². The molecule has 2 aliphatic heterocycles. The molecule has 37 heavy (non-hydrogen) atoms. The van der Waals surface area contributed by atoms with E-state index < -0.39 is 42.0 Å². The van der Waals surface area contributed by atoms with Gasteiger partial charge in [-0.05, 0) is 30.5 Å². The molecule has 2 aliphatic rings. The molecule has 2 bridgehead atoms. The van der Waals surface area contributed by atoms with Gasteiger partial charge in [0.1, 0.15) is 42.0 Å². The van der Waals surface area contributed by atoms with Crippen LogP contribution in [0.5, 0.6) is 0 Å². The smallest absolute Gasteiger partial charge is 0.433 e. The zero-order chi connectivity index (χ0) is 26.5. The molecule has 1 aromatic carbocycles. The normalized spacial score (nSPS) is 27.2. The fourth-order valence-corrected chi connectivity index (χ4v) is 4.21. The first-order valence-corrected chi connectivity index (χ1v) is 11.9. The lowest BCUT2D eigenvalue weighted by molar-refractivity contribution is -0.229. The number of hydrogen-bond donors (Lipinski definition) is 3. The zero-order valence-electron chi connectivity index (χ0n) is 19.9. The number of unbranched alkanes of at least 4 members (excludes halogenated alkanes) is 1. The van der Waals surface area contributed by atoms with Crippen molar-refractivity contribution in [1.29, 1.82) is 0 Å². The molecule has 12 heteroatoms. The predicted octanol–water partition coefficient (Wildman–Crippen LogP) is 2.66. The van der Waals surface area contributed by atoms with E-state index in [1.807, 2.05) is 30.3 Å². The van der Waals surface area contributed by atoms with Crippen LogP contribution in [0.3, 0.4) is 0 Å². The van der Waals surface area contributed by atoms with Crippen LogP contribution in [0.15, 0.2) is 48.5 Å². The van der Waals surface area contributed by atoms with Crippen LogP contribution >= 0.6 is 0 Å². The molecular formula is C25H29F3N2O7. The number of carbonyl (C=O) groups is 1. The molecule has 0 saturated carbocycles. The number of nitrogens with one attached hydrogen (secondary N) is 1. The zero-order valence-corrected chi connectivity index (χ0v) is 19.9. The lowest BCUT2D eigenvalue weighted by Gasteiger charge is -2.42. The monoisotopic (exact) mass is 526 g/mol. The number of alkyl halides is 3. The van der Waals surface area contributed by atoms with Gasteiger partial charge in [-0.15, -0.1) is 0 Å². The summed E-state index contributed by atoms with van der Waals surface area (Å²) in [4.78, 5) is 15.4. The largest absolute Gasteiger partial charge is 0.461 e. The predicted molar refractivity (Wildman–Crippen MR) is 123 cm³/mol. The van der Waals surface area contributed by atoms with E-state index in [0.717, 1.165) is 11.6 Å². The fraction of sp³-hybridized carbons (Fsp3) is 0.520. The quantitative estimate of drug-likeness (QED) is 0.300. The molecule has 3 N–H and O–H groups in total. The van der Waals surface area contributed by atoms with Gasteiger partial charge in [0.25, 0.3) is 0 Å². The third-order valence-corrected chi connectivity index (χ3v) is 6.23. The summed E-state index contributed by atoms with van der Waals surface area (Å²) in [5.74, 6) is -0.450. The van der Waals surface area contributed by atoms with Crippen molar-refractivity contribution >= 4 is 11.8 Å². The average molecular weight is 527 g/mol. The van der Waals surface area contributed by atoms with Gasteiger partial charge in [0.2, 0.25) is 0 Å². The second-order valence-electron chi connectivity index (χ2n) is 9.03. The number of rotatable bonds is 11. The molecule has 0 aliphatic carbocycles. The van der Waals surface area contributed by atoms with E-state index in [1.165, 1.54) is 12.1 Å². The summed E-state index contributed by atoms with van der Waals surface area (Å²) >= 11 is 0. The second-order valence-corrected chi connectivity index (χ2v) is 9.03. The molecule has 4 rings (SSSR count). The summed E-state index contributed by atoms with van der Waals surface area (Å²) in [5, 5.41) is 24.1. The van der Waals surface area contributed by atoms with Crippen molar-refractivity contribution in [2.75, 3.05) is 25.1 Å². The molecule has 2 fully saturated rings. The minimum atomic E-state index is -4.63. The summed E-state index contributed by atoms with van der Waals surface area (Å²) in [5.41, 5.74) is -1.51. The Labute approximate surface area is 211 Å². The third kappa shape index (κ3) is 6.76. The number of anilines is 1. The number of nitrogens with zero attached hydrogens (tertiary/aromatic N) is 1. The van der Waals surface area contributed by atoms with Crippen molar-refractivity contribution in [2.45, 2.75) is 62.2 Å². The molecule has 0 amide bonds. The van der Waals surface area contributed by atoms with Crippen molar-refractivity contribution in [2.24, 2.45) is 0 Å². The highest BCUT2D eigenvalue weighted by Gasteiger charge is 2.59. The molecule has 202 valence electrons. The van der Waals surface area contributed by atoms with Crippen molar-refractivity contribution in [3.05, 3.63) is 59.8 Å². The van der Waals surface area contributed by atoms with Gasteiger partial charge in [-0.1, -0.05) is 36.4 Å². The van der Waals surface area contributed by atoms with Crippen molar-refractivity contribution in [3.63, 3.8) is 0 Å². The molecule has 0 radical (unpaired) electrons. The topological polar surface area (TPSA) is 119 Å². The van der Waals surface area contributed by atoms with Crippen LogP contribution in [0.25, 0.3) is 0 Å². The van der Waals surface area contributed by atoms with Gasteiger partial charge >= 0.3 is 12.1 Å². The standard InChI is InChI=1S/C25H29F3N2O7/c26-25(27,28)17-9-6-10-18(29-17)30-20-21(32)22(33)24(15-36-23(20)37-24)14-34-12-5-4-11-19(31)35-13-16-7-2-1-3-8-16/h1-3,6-10,20-23,32-33H,4-5,11-15H2,(H,29,30)/t20-,21-,22-,23+,24+/m1/s1. The van der Waals surface area contributed by atoms with Crippen LogP contribution in [-0.2, 0) is 36.5 Å². The molecule has 3 heterocycles. The molecular weight excluding hydrogens is 497 g/mol. The molecule has 0 spiro atoms. The number of fused-ring (bicyclic) bond motifs is 2. The SMILES string of the molecule is O=C(CCCCOC[C@@]12CO[C@@H](O1)[C@H](Nc1cccc(C(F)(F)F)n1)[C@@H](O)[C@H]2O)OCc1ccccc1. The van der Waals surface area contributed by atoms with Crippen molar-refractivity contribution < 1.29 is 47.1 Å². The van der Waals surface area contributed by atoms with Gasteiger partial charge in [0.15, 0.2) is 6.29 Å². The first kappa shape index (κ1) is 27.3. The van der Waals surface area contributed by atoms with Gasteiger partial charge < -0.3 is 34.5 Å². The van der Waals surface area contributed by atoms with E-state index in [1.54, 1.807) is 0 Å². The Hall–Kier alpha value is -2.77. The fourth-order valence-electron chi connectivity index (χ4n) is 4.21. The highest BCUT2D eigenvalue weighted by Crippen LogP contribution is 2.38. The number of ether oxygens (including phenoxy) is 4. The van der Waals surface area contributed by atoms with Crippen LogP contribution in [0.2, 0.25) is 0 Å². The maximum atomic E-state index is 13.0. The Kier molecular flexibility index (Phi) is 8.65. The lowest BCUT2D eigenvalue weighted by Crippen LogP contribution is -2.64. The van der Waals surface area contributed by atoms with Crippen LogP contribution in [0.1, 0.15) is 30.5 Å².